The van der Waals surface area contributed by atoms with Gasteiger partial charge in [-0.15, -0.1) is 0 Å². The zero-order valence-electron chi connectivity index (χ0n) is 15.3. The van der Waals surface area contributed by atoms with Gasteiger partial charge in [0.1, 0.15) is 12.1 Å². The Balaban J connectivity index is 1.72. The third kappa shape index (κ3) is 3.77. The van der Waals surface area contributed by atoms with Crippen LogP contribution in [0.1, 0.15) is 40.0 Å². The molecule has 1 saturated carbocycles. The van der Waals surface area contributed by atoms with Crippen LogP contribution in [0.2, 0.25) is 0 Å². The molecule has 1 spiro atoms. The molecule has 1 aromatic carbocycles. The zero-order valence-corrected chi connectivity index (χ0v) is 16.9. The predicted octanol–water partition coefficient (Wildman–Crippen LogP) is 3.52. The van der Waals surface area contributed by atoms with E-state index < -0.39 is 17.5 Å². The number of benzene rings is 1. The van der Waals surface area contributed by atoms with Gasteiger partial charge in [-0.25, -0.2) is 4.79 Å². The SMILES string of the molecule is C[C@@H]1CC(C)(C)C[C@]2(C1)NC(=O)N(CC(=O)Nc1cccc(Br)c1)C2=O. The molecule has 7 heteroatoms. The highest BCUT2D eigenvalue weighted by Gasteiger charge is 2.56. The Hall–Kier alpha value is -1.89. The fraction of sp³-hybridized carbons (Fsp3) is 0.526. The normalized spacial score (nSPS) is 27.5. The van der Waals surface area contributed by atoms with Crippen LogP contribution in [-0.2, 0) is 9.59 Å². The van der Waals surface area contributed by atoms with Crippen LogP contribution in [0, 0.1) is 11.3 Å². The van der Waals surface area contributed by atoms with Gasteiger partial charge in [0.05, 0.1) is 0 Å². The van der Waals surface area contributed by atoms with Crippen LogP contribution in [0.25, 0.3) is 0 Å². The number of urea groups is 1. The van der Waals surface area contributed by atoms with Gasteiger partial charge < -0.3 is 10.6 Å². The monoisotopic (exact) mass is 421 g/mol. The van der Waals surface area contributed by atoms with Crippen LogP contribution in [0.4, 0.5) is 10.5 Å². The molecule has 0 aromatic heterocycles. The van der Waals surface area contributed by atoms with Gasteiger partial charge in [0.25, 0.3) is 5.91 Å². The van der Waals surface area contributed by atoms with Crippen LogP contribution in [0.3, 0.4) is 0 Å². The Bertz CT molecular complexity index is 764. The summed E-state index contributed by atoms with van der Waals surface area (Å²) in [6.45, 7) is 6.05. The molecular weight excluding hydrogens is 398 g/mol. The molecule has 0 bridgehead atoms. The van der Waals surface area contributed by atoms with Crippen molar-refractivity contribution < 1.29 is 14.4 Å². The fourth-order valence-corrected chi connectivity index (χ4v) is 4.96. The molecule has 2 fully saturated rings. The second kappa shape index (κ2) is 6.68. The van der Waals surface area contributed by atoms with Crippen LogP contribution in [0.15, 0.2) is 28.7 Å². The van der Waals surface area contributed by atoms with Gasteiger partial charge in [-0.1, -0.05) is 42.8 Å². The minimum atomic E-state index is -0.881. The average Bonchev–Trinajstić information content (AvgIpc) is 2.68. The summed E-state index contributed by atoms with van der Waals surface area (Å²) in [5.41, 5.74) is -0.303. The van der Waals surface area contributed by atoms with Gasteiger partial charge in [0.2, 0.25) is 5.91 Å². The maximum atomic E-state index is 13.0. The van der Waals surface area contributed by atoms with Gasteiger partial charge in [0, 0.05) is 10.2 Å². The van der Waals surface area contributed by atoms with E-state index in [0.717, 1.165) is 15.8 Å². The first-order valence-electron chi connectivity index (χ1n) is 8.80. The maximum absolute atomic E-state index is 13.0. The summed E-state index contributed by atoms with van der Waals surface area (Å²) in [5, 5.41) is 5.61. The van der Waals surface area contributed by atoms with Gasteiger partial charge in [-0.2, -0.15) is 0 Å². The molecule has 2 aliphatic rings. The number of hydrogen-bond acceptors (Lipinski definition) is 3. The lowest BCUT2D eigenvalue weighted by atomic mass is 9.64. The highest BCUT2D eigenvalue weighted by Crippen LogP contribution is 2.46. The van der Waals surface area contributed by atoms with Crippen molar-refractivity contribution in [2.45, 2.75) is 45.6 Å². The second-order valence-electron chi connectivity index (χ2n) is 8.32. The Morgan fingerprint density at radius 1 is 1.35 bits per heavy atom. The van der Waals surface area contributed by atoms with Gasteiger partial charge in [0.15, 0.2) is 0 Å². The van der Waals surface area contributed by atoms with E-state index in [2.05, 4.69) is 47.3 Å². The first kappa shape index (κ1) is 18.9. The van der Waals surface area contributed by atoms with E-state index in [4.69, 9.17) is 0 Å². The third-order valence-electron chi connectivity index (χ3n) is 5.03. The number of imide groups is 1. The van der Waals surface area contributed by atoms with Crippen molar-refractivity contribution in [3.8, 4) is 0 Å². The first-order valence-corrected chi connectivity index (χ1v) is 9.59. The lowest BCUT2D eigenvalue weighted by Crippen LogP contribution is -2.54. The third-order valence-corrected chi connectivity index (χ3v) is 5.53. The van der Waals surface area contributed by atoms with Crippen molar-refractivity contribution in [1.29, 1.82) is 0 Å². The van der Waals surface area contributed by atoms with Crippen molar-refractivity contribution in [1.82, 2.24) is 10.2 Å². The zero-order chi connectivity index (χ0) is 19.1. The summed E-state index contributed by atoms with van der Waals surface area (Å²) in [5.74, 6) is -0.350. The standard InChI is InChI=1S/C19H24BrN3O3/c1-12-8-18(2,3)11-19(9-12)16(25)23(17(26)22-19)10-15(24)21-14-6-4-5-13(20)7-14/h4-7,12H,8-11H2,1-3H3,(H,21,24)(H,22,26)/t12-,19+/m1/s1. The fourth-order valence-electron chi connectivity index (χ4n) is 4.56. The van der Waals surface area contributed by atoms with Crippen molar-refractivity contribution in [2.75, 3.05) is 11.9 Å². The summed E-state index contributed by atoms with van der Waals surface area (Å²) >= 11 is 3.34. The molecule has 140 valence electrons. The molecule has 0 unspecified atom stereocenters. The van der Waals surface area contributed by atoms with E-state index in [0.29, 0.717) is 24.4 Å². The van der Waals surface area contributed by atoms with Crippen molar-refractivity contribution >= 4 is 39.5 Å². The van der Waals surface area contributed by atoms with E-state index in [9.17, 15) is 14.4 Å². The first-order chi connectivity index (χ1) is 12.1. The summed E-state index contributed by atoms with van der Waals surface area (Å²) in [6.07, 6.45) is 2.23. The predicted molar refractivity (Wildman–Crippen MR) is 103 cm³/mol. The molecule has 1 heterocycles. The van der Waals surface area contributed by atoms with E-state index in [-0.39, 0.29) is 17.9 Å². The van der Waals surface area contributed by atoms with E-state index >= 15 is 0 Å². The van der Waals surface area contributed by atoms with Crippen molar-refractivity contribution in [2.24, 2.45) is 11.3 Å². The van der Waals surface area contributed by atoms with Crippen molar-refractivity contribution in [3.05, 3.63) is 28.7 Å². The number of nitrogens with zero attached hydrogens (tertiary/aromatic N) is 1. The Morgan fingerprint density at radius 3 is 2.73 bits per heavy atom. The second-order valence-corrected chi connectivity index (χ2v) is 9.23. The van der Waals surface area contributed by atoms with Gasteiger partial charge in [-0.3, -0.25) is 14.5 Å². The van der Waals surface area contributed by atoms with E-state index in [1.165, 1.54) is 0 Å². The van der Waals surface area contributed by atoms with Gasteiger partial charge in [-0.05, 0) is 48.8 Å². The van der Waals surface area contributed by atoms with E-state index in [1.54, 1.807) is 18.2 Å². The Labute approximate surface area is 161 Å². The smallest absolute Gasteiger partial charge is 0.324 e. The molecule has 0 radical (unpaired) electrons. The van der Waals surface area contributed by atoms with Crippen LogP contribution in [-0.4, -0.2) is 34.8 Å². The summed E-state index contributed by atoms with van der Waals surface area (Å²) in [4.78, 5) is 38.8. The van der Waals surface area contributed by atoms with Crippen molar-refractivity contribution in [3.63, 3.8) is 0 Å². The summed E-state index contributed by atoms with van der Waals surface area (Å²) in [6, 6.07) is 6.68. The van der Waals surface area contributed by atoms with Gasteiger partial charge >= 0.3 is 6.03 Å². The Kier molecular flexibility index (Phi) is 4.86. The van der Waals surface area contributed by atoms with Crippen LogP contribution < -0.4 is 10.6 Å². The molecular formula is C19H24BrN3O3. The average molecular weight is 422 g/mol. The Morgan fingerprint density at radius 2 is 2.08 bits per heavy atom. The number of rotatable bonds is 3. The molecule has 26 heavy (non-hydrogen) atoms. The van der Waals surface area contributed by atoms with Crippen LogP contribution in [0.5, 0.6) is 0 Å². The summed E-state index contributed by atoms with van der Waals surface area (Å²) in [7, 11) is 0. The molecule has 1 aromatic rings. The molecule has 4 amide bonds. The number of hydrogen-bond donors (Lipinski definition) is 2. The molecule has 3 rings (SSSR count). The maximum Gasteiger partial charge on any atom is 0.325 e. The number of amides is 4. The molecule has 1 aliphatic heterocycles. The number of halogens is 1. The lowest BCUT2D eigenvalue weighted by molar-refractivity contribution is -0.136. The molecule has 2 atom stereocenters. The number of carbonyl (C=O) groups is 3. The summed E-state index contributed by atoms with van der Waals surface area (Å²) < 4.78 is 0.836. The highest BCUT2D eigenvalue weighted by molar-refractivity contribution is 9.10. The minimum Gasteiger partial charge on any atom is -0.324 e. The minimum absolute atomic E-state index is 0.0325. The lowest BCUT2D eigenvalue weighted by Gasteiger charge is -2.43. The molecule has 1 aliphatic carbocycles. The number of anilines is 1. The number of nitrogens with one attached hydrogen (secondary N) is 2. The quantitative estimate of drug-likeness (QED) is 0.732. The molecule has 1 saturated heterocycles. The molecule has 2 N–H and O–H groups in total. The largest absolute Gasteiger partial charge is 0.325 e. The molecule has 6 nitrogen and oxygen atoms in total. The number of carbonyl (C=O) groups excluding carboxylic acids is 3. The topological polar surface area (TPSA) is 78.5 Å². The highest BCUT2D eigenvalue weighted by atomic mass is 79.9. The van der Waals surface area contributed by atoms with E-state index in [1.807, 2.05) is 6.07 Å². The van der Waals surface area contributed by atoms with Crippen LogP contribution >= 0.6 is 15.9 Å².